The molecule has 0 radical (unpaired) electrons. The fourth-order valence-electron chi connectivity index (χ4n) is 7.17. The quantitative estimate of drug-likeness (QED) is 0.448. The van der Waals surface area contributed by atoms with Crippen molar-refractivity contribution in [3.8, 4) is 17.6 Å². The van der Waals surface area contributed by atoms with Gasteiger partial charge in [-0.1, -0.05) is 6.07 Å². The molecule has 40 heavy (non-hydrogen) atoms. The number of ether oxygens (including phenoxy) is 2. The molecule has 1 aromatic carbocycles. The van der Waals surface area contributed by atoms with Gasteiger partial charge in [0.15, 0.2) is 23.0 Å². The first-order valence-electron chi connectivity index (χ1n) is 13.4. The molecule has 11 nitrogen and oxygen atoms in total. The number of nitrogens with one attached hydrogen (secondary N) is 1. The van der Waals surface area contributed by atoms with E-state index in [0.717, 1.165) is 11.1 Å². The number of allylic oxidation sites excluding steroid dienone is 2. The number of nitriles is 1. The molecule has 1 saturated heterocycles. The fourth-order valence-corrected chi connectivity index (χ4v) is 7.17. The van der Waals surface area contributed by atoms with E-state index < -0.39 is 41.9 Å². The van der Waals surface area contributed by atoms with Gasteiger partial charge in [0.2, 0.25) is 11.7 Å². The van der Waals surface area contributed by atoms with Crippen LogP contribution in [0.1, 0.15) is 43.0 Å². The summed E-state index contributed by atoms with van der Waals surface area (Å²) in [6.07, 6.45) is 0.670. The van der Waals surface area contributed by atoms with Gasteiger partial charge in [-0.15, -0.1) is 0 Å². The number of aryl methyl sites for hydroxylation is 1. The number of aromatic hydroxyl groups is 1. The van der Waals surface area contributed by atoms with Crippen molar-refractivity contribution in [3.63, 3.8) is 0 Å². The number of nitrogens with zero attached hydrogens (tertiary/aromatic N) is 3. The second-order valence-electron chi connectivity index (χ2n) is 11.1. The maximum absolute atomic E-state index is 13.8. The van der Waals surface area contributed by atoms with Crippen LogP contribution in [0.5, 0.6) is 11.5 Å². The van der Waals surface area contributed by atoms with E-state index in [1.807, 2.05) is 24.9 Å². The van der Waals surface area contributed by atoms with Gasteiger partial charge in [-0.3, -0.25) is 24.2 Å². The molecule has 0 aromatic heterocycles. The normalized spacial score (nSPS) is 28.8. The van der Waals surface area contributed by atoms with Crippen molar-refractivity contribution in [1.82, 2.24) is 15.1 Å². The van der Waals surface area contributed by atoms with E-state index in [1.165, 1.54) is 14.2 Å². The Balaban J connectivity index is 1.72. The van der Waals surface area contributed by atoms with Gasteiger partial charge >= 0.3 is 0 Å². The third-order valence-electron chi connectivity index (χ3n) is 8.95. The van der Waals surface area contributed by atoms with Crippen LogP contribution < -0.4 is 15.8 Å². The average Bonchev–Trinajstić information content (AvgIpc) is 2.91. The number of Topliss-reactive ketones (excluding diaryl/α,β-unsaturated/α-hetero) is 2. The molecular formula is C29H35N5O6. The van der Waals surface area contributed by atoms with Crippen molar-refractivity contribution in [1.29, 1.82) is 5.26 Å². The number of carbonyl (C=O) groups is 3. The first-order valence-corrected chi connectivity index (χ1v) is 13.4. The molecule has 1 aliphatic carbocycles. The number of amides is 1. The molecule has 4 aliphatic rings. The van der Waals surface area contributed by atoms with E-state index in [2.05, 4.69) is 16.3 Å². The summed E-state index contributed by atoms with van der Waals surface area (Å²) in [5.41, 5.74) is 9.01. The zero-order valence-corrected chi connectivity index (χ0v) is 23.6. The number of rotatable bonds is 5. The van der Waals surface area contributed by atoms with Crippen molar-refractivity contribution >= 4 is 17.5 Å². The minimum Gasteiger partial charge on any atom is -0.504 e. The molecule has 4 N–H and O–H groups in total. The van der Waals surface area contributed by atoms with Gasteiger partial charge in [0.05, 0.1) is 38.4 Å². The number of carbonyl (C=O) groups excluding carboxylic acids is 3. The molecule has 2 bridgehead atoms. The van der Waals surface area contributed by atoms with Crippen LogP contribution >= 0.6 is 0 Å². The number of hydrogen-bond acceptors (Lipinski definition) is 10. The Morgan fingerprint density at radius 2 is 1.93 bits per heavy atom. The lowest BCUT2D eigenvalue weighted by Gasteiger charge is -2.60. The summed E-state index contributed by atoms with van der Waals surface area (Å²) in [4.78, 5) is 44.1. The van der Waals surface area contributed by atoms with Crippen molar-refractivity contribution < 1.29 is 29.0 Å². The molecule has 1 amide bonds. The van der Waals surface area contributed by atoms with Gasteiger partial charge in [-0.05, 0) is 51.8 Å². The second-order valence-corrected chi connectivity index (χ2v) is 11.1. The number of ketones is 2. The molecule has 1 fully saturated rings. The highest BCUT2D eigenvalue weighted by atomic mass is 16.5. The monoisotopic (exact) mass is 549 g/mol. The molecular weight excluding hydrogens is 514 g/mol. The summed E-state index contributed by atoms with van der Waals surface area (Å²) < 4.78 is 10.9. The summed E-state index contributed by atoms with van der Waals surface area (Å²) in [6, 6.07) is 1.07. The van der Waals surface area contributed by atoms with Gasteiger partial charge < -0.3 is 25.6 Å². The van der Waals surface area contributed by atoms with Gasteiger partial charge in [0.25, 0.3) is 0 Å². The van der Waals surface area contributed by atoms with Gasteiger partial charge in [0, 0.05) is 40.9 Å². The van der Waals surface area contributed by atoms with E-state index in [9.17, 15) is 24.8 Å². The van der Waals surface area contributed by atoms with Gasteiger partial charge in [0.1, 0.15) is 6.04 Å². The molecule has 6 unspecified atom stereocenters. The summed E-state index contributed by atoms with van der Waals surface area (Å²) in [5, 5.41) is 24.8. The topological polar surface area (TPSA) is 158 Å². The lowest BCUT2D eigenvalue weighted by atomic mass is 9.69. The molecule has 0 saturated carbocycles. The number of phenolic OH excluding ortho intramolecular Hbond substituents is 1. The van der Waals surface area contributed by atoms with Crippen LogP contribution in [0.2, 0.25) is 0 Å². The van der Waals surface area contributed by atoms with E-state index >= 15 is 0 Å². The van der Waals surface area contributed by atoms with Gasteiger partial charge in [-0.2, -0.15) is 5.26 Å². The Kier molecular flexibility index (Phi) is 6.98. The summed E-state index contributed by atoms with van der Waals surface area (Å²) >= 11 is 0. The highest BCUT2D eigenvalue weighted by molar-refractivity contribution is 6.25. The van der Waals surface area contributed by atoms with Crippen LogP contribution in [0.15, 0.2) is 28.5 Å². The van der Waals surface area contributed by atoms with E-state index in [-0.39, 0.29) is 47.4 Å². The number of piperazine rings is 1. The number of hydrogen-bond donors (Lipinski definition) is 3. The third-order valence-corrected chi connectivity index (χ3v) is 8.95. The standard InChI is InChI=1S/C29H35N5O6/c1-12-7-15-8-17-19(10-30)34-18(23(33(17)4)21(15)25(36)27(12)39-5)9-16-22(20(34)11-32-29(38)14(3)31)26(37)28(40-6)13(2)24(16)35/h7,14,17-20,23,36H,8-9,11,31H2,1-6H3,(H,32,38). The van der Waals surface area contributed by atoms with Crippen molar-refractivity contribution in [3.05, 3.63) is 45.2 Å². The summed E-state index contributed by atoms with van der Waals surface area (Å²) in [5.74, 6) is -0.749. The van der Waals surface area contributed by atoms with Crippen molar-refractivity contribution in [2.75, 3.05) is 27.8 Å². The molecule has 3 heterocycles. The third kappa shape index (κ3) is 3.85. The first-order chi connectivity index (χ1) is 19.0. The van der Waals surface area contributed by atoms with Crippen LogP contribution in [-0.2, 0) is 25.5 Å². The van der Waals surface area contributed by atoms with Crippen molar-refractivity contribution in [2.45, 2.75) is 69.9 Å². The summed E-state index contributed by atoms with van der Waals surface area (Å²) in [6.45, 7) is 4.97. The van der Waals surface area contributed by atoms with Crippen LogP contribution in [0.3, 0.4) is 0 Å². The summed E-state index contributed by atoms with van der Waals surface area (Å²) in [7, 11) is 4.78. The molecule has 212 valence electrons. The number of likely N-dealkylation sites (N-methyl/N-ethyl adjacent to an activating group) is 1. The lowest BCUT2D eigenvalue weighted by molar-refractivity contribution is -0.125. The minimum atomic E-state index is -0.787. The van der Waals surface area contributed by atoms with Gasteiger partial charge in [-0.25, -0.2) is 0 Å². The molecule has 3 aliphatic heterocycles. The zero-order chi connectivity index (χ0) is 29.2. The predicted molar refractivity (Wildman–Crippen MR) is 144 cm³/mol. The highest BCUT2D eigenvalue weighted by Crippen LogP contribution is 2.53. The van der Waals surface area contributed by atoms with Crippen LogP contribution in [-0.4, -0.2) is 90.4 Å². The van der Waals surface area contributed by atoms with Crippen LogP contribution in [0, 0.1) is 18.3 Å². The molecule has 11 heteroatoms. The SMILES string of the molecule is COC1=C(C)C(=O)C2=C(C1=O)C(CNC(=O)C(C)N)N1C(C#N)C3Cc4cc(C)c(OC)c(O)c4C(C1C2)N3C. The zero-order valence-electron chi connectivity index (χ0n) is 23.6. The second kappa shape index (κ2) is 10.0. The average molecular weight is 550 g/mol. The number of nitrogens with two attached hydrogens (primary N) is 1. The van der Waals surface area contributed by atoms with E-state index in [0.29, 0.717) is 23.3 Å². The fraction of sp³-hybridized carbons (Fsp3) is 0.517. The molecule has 5 rings (SSSR count). The largest absolute Gasteiger partial charge is 0.504 e. The first kappa shape index (κ1) is 27.8. The minimum absolute atomic E-state index is 0.0256. The maximum Gasteiger partial charge on any atom is 0.236 e. The number of benzene rings is 1. The van der Waals surface area contributed by atoms with E-state index in [4.69, 9.17) is 15.2 Å². The Morgan fingerprint density at radius 3 is 2.52 bits per heavy atom. The lowest BCUT2D eigenvalue weighted by Crippen LogP contribution is -2.71. The Hall–Kier alpha value is -3.72. The van der Waals surface area contributed by atoms with Crippen LogP contribution in [0.4, 0.5) is 0 Å². The molecule has 6 atom stereocenters. The Morgan fingerprint density at radius 1 is 1.23 bits per heavy atom. The van der Waals surface area contributed by atoms with Crippen LogP contribution in [0.25, 0.3) is 0 Å². The molecule has 0 spiro atoms. The Bertz CT molecular complexity index is 1420. The maximum atomic E-state index is 13.8. The van der Waals surface area contributed by atoms with Crippen molar-refractivity contribution in [2.24, 2.45) is 5.73 Å². The molecule has 1 aromatic rings. The highest BCUT2D eigenvalue weighted by Gasteiger charge is 2.57. The number of phenols is 1. The predicted octanol–water partition coefficient (Wildman–Crippen LogP) is 0.788. The number of methoxy groups -OCH3 is 2. The smallest absolute Gasteiger partial charge is 0.236 e. The van der Waals surface area contributed by atoms with E-state index in [1.54, 1.807) is 13.8 Å². The Labute approximate surface area is 233 Å². The number of fused-ring (bicyclic) bond motifs is 6.